The molecular weight excluding hydrogens is 218 g/mol. The van der Waals surface area contributed by atoms with E-state index in [0.717, 1.165) is 5.56 Å². The fourth-order valence-corrected chi connectivity index (χ4v) is 1.31. The van der Waals surface area contributed by atoms with Crippen molar-refractivity contribution in [1.82, 2.24) is 5.32 Å². The summed E-state index contributed by atoms with van der Waals surface area (Å²) in [6, 6.07) is 9.36. The Morgan fingerprint density at radius 3 is 3.06 bits per heavy atom. The lowest BCUT2D eigenvalue weighted by molar-refractivity contribution is -0.117. The van der Waals surface area contributed by atoms with Crippen LogP contribution >= 0.6 is 0 Å². The minimum atomic E-state index is -0.316. The van der Waals surface area contributed by atoms with Gasteiger partial charge in [0.05, 0.1) is 0 Å². The maximum Gasteiger partial charge on any atom is 0.218 e. The molecule has 0 saturated heterocycles. The highest BCUT2D eigenvalue weighted by Crippen LogP contribution is 2.12. The first kappa shape index (κ1) is 13.0. The quantitative estimate of drug-likeness (QED) is 0.673. The molecule has 0 radical (unpaired) electrons. The summed E-state index contributed by atoms with van der Waals surface area (Å²) in [5.41, 5.74) is 6.05. The van der Waals surface area contributed by atoms with E-state index >= 15 is 0 Å². The molecule has 0 fully saturated rings. The molecular formula is C12H15N3O2. The summed E-state index contributed by atoms with van der Waals surface area (Å²) in [6.45, 7) is 1.23. The number of nitrogens with two attached hydrogens (primary N) is 1. The number of nitrogens with zero attached hydrogens (tertiary/aromatic N) is 1. The van der Waals surface area contributed by atoms with Crippen LogP contribution in [-0.2, 0) is 11.3 Å². The van der Waals surface area contributed by atoms with Gasteiger partial charge >= 0.3 is 0 Å². The van der Waals surface area contributed by atoms with Crippen molar-refractivity contribution in [3.63, 3.8) is 0 Å². The van der Waals surface area contributed by atoms with Crippen LogP contribution in [0.3, 0.4) is 0 Å². The highest BCUT2D eigenvalue weighted by atomic mass is 16.5. The molecule has 0 spiro atoms. The van der Waals surface area contributed by atoms with Gasteiger partial charge in [0.1, 0.15) is 11.8 Å². The molecule has 1 rings (SSSR count). The Bertz CT molecular complexity index is 412. The number of nitrogens with one attached hydrogen (secondary N) is 1. The van der Waals surface area contributed by atoms with Crippen LogP contribution in [0.4, 0.5) is 0 Å². The van der Waals surface area contributed by atoms with E-state index in [0.29, 0.717) is 25.3 Å². The second-order valence-electron chi connectivity index (χ2n) is 3.49. The van der Waals surface area contributed by atoms with Gasteiger partial charge in [-0.15, -0.1) is 0 Å². The van der Waals surface area contributed by atoms with Crippen LogP contribution in [0.2, 0.25) is 0 Å². The summed E-state index contributed by atoms with van der Waals surface area (Å²) in [5, 5.41) is 11.5. The van der Waals surface area contributed by atoms with Gasteiger partial charge < -0.3 is 15.8 Å². The normalized spacial score (nSPS) is 9.59. The number of hydrogen-bond donors (Lipinski definition) is 2. The summed E-state index contributed by atoms with van der Waals surface area (Å²) >= 11 is 0. The first-order valence-corrected chi connectivity index (χ1v) is 5.30. The molecule has 0 aromatic heterocycles. The Morgan fingerprint density at radius 2 is 2.35 bits per heavy atom. The van der Waals surface area contributed by atoms with Gasteiger partial charge in [-0.25, -0.2) is 0 Å². The molecule has 3 N–H and O–H groups in total. The lowest BCUT2D eigenvalue weighted by Crippen LogP contribution is -2.21. The standard InChI is InChI=1S/C12H15N3O2/c13-5-7-17-11-3-1-2-10(8-11)9-15-6-4-12(14)16/h1-3,8,15H,4,6-7,9H2,(H2,14,16). The number of benzene rings is 1. The van der Waals surface area contributed by atoms with Crippen LogP contribution in [0.25, 0.3) is 0 Å². The zero-order chi connectivity index (χ0) is 12.5. The lowest BCUT2D eigenvalue weighted by atomic mass is 10.2. The van der Waals surface area contributed by atoms with E-state index in [1.165, 1.54) is 0 Å². The number of hydrogen-bond acceptors (Lipinski definition) is 4. The third-order valence-corrected chi connectivity index (χ3v) is 2.08. The Hall–Kier alpha value is -2.06. The van der Waals surface area contributed by atoms with Crippen molar-refractivity contribution in [2.24, 2.45) is 5.73 Å². The predicted octanol–water partition coefficient (Wildman–Crippen LogP) is 0.554. The van der Waals surface area contributed by atoms with Crippen molar-refractivity contribution in [2.45, 2.75) is 13.0 Å². The smallest absolute Gasteiger partial charge is 0.218 e. The van der Waals surface area contributed by atoms with Crippen molar-refractivity contribution in [3.05, 3.63) is 29.8 Å². The van der Waals surface area contributed by atoms with Crippen molar-refractivity contribution in [1.29, 1.82) is 5.26 Å². The Labute approximate surface area is 100 Å². The predicted molar refractivity (Wildman–Crippen MR) is 63.1 cm³/mol. The van der Waals surface area contributed by atoms with Crippen LogP contribution in [0, 0.1) is 11.3 Å². The van der Waals surface area contributed by atoms with E-state index in [1.807, 2.05) is 24.3 Å². The third kappa shape index (κ3) is 5.54. The van der Waals surface area contributed by atoms with Crippen LogP contribution in [0.5, 0.6) is 5.75 Å². The number of carbonyl (C=O) groups excluding carboxylic acids is 1. The summed E-state index contributed by atoms with van der Waals surface area (Å²) in [5.74, 6) is 0.351. The number of carbonyl (C=O) groups is 1. The van der Waals surface area contributed by atoms with Crippen LogP contribution in [0.1, 0.15) is 12.0 Å². The molecule has 5 nitrogen and oxygen atoms in total. The molecule has 0 atom stereocenters. The molecule has 90 valence electrons. The van der Waals surface area contributed by atoms with E-state index in [4.69, 9.17) is 15.7 Å². The first-order valence-electron chi connectivity index (χ1n) is 5.30. The number of ether oxygens (including phenoxy) is 1. The van der Waals surface area contributed by atoms with Gasteiger partial charge in [-0.2, -0.15) is 5.26 Å². The zero-order valence-electron chi connectivity index (χ0n) is 9.48. The molecule has 0 unspecified atom stereocenters. The Kier molecular flexibility index (Phi) is 5.55. The maximum absolute atomic E-state index is 10.5. The lowest BCUT2D eigenvalue weighted by Gasteiger charge is -2.06. The Morgan fingerprint density at radius 1 is 1.53 bits per heavy atom. The van der Waals surface area contributed by atoms with Gasteiger partial charge in [0, 0.05) is 19.5 Å². The molecule has 0 bridgehead atoms. The topological polar surface area (TPSA) is 88.1 Å². The SMILES string of the molecule is N#CCOc1cccc(CNCCC(N)=O)c1. The van der Waals surface area contributed by atoms with E-state index < -0.39 is 0 Å². The molecule has 1 amide bonds. The minimum Gasteiger partial charge on any atom is -0.479 e. The van der Waals surface area contributed by atoms with Gasteiger partial charge in [0.2, 0.25) is 5.91 Å². The second-order valence-corrected chi connectivity index (χ2v) is 3.49. The van der Waals surface area contributed by atoms with E-state index in [-0.39, 0.29) is 12.5 Å². The number of amides is 1. The van der Waals surface area contributed by atoms with E-state index in [1.54, 1.807) is 6.07 Å². The third-order valence-electron chi connectivity index (χ3n) is 2.08. The highest BCUT2D eigenvalue weighted by Gasteiger charge is 1.98. The van der Waals surface area contributed by atoms with Crippen molar-refractivity contribution in [2.75, 3.05) is 13.2 Å². The van der Waals surface area contributed by atoms with Crippen molar-refractivity contribution >= 4 is 5.91 Å². The maximum atomic E-state index is 10.5. The molecule has 0 heterocycles. The summed E-state index contributed by atoms with van der Waals surface area (Å²) < 4.78 is 5.18. The molecule has 5 heteroatoms. The van der Waals surface area contributed by atoms with Gasteiger partial charge in [-0.1, -0.05) is 12.1 Å². The molecule has 0 aliphatic heterocycles. The molecule has 1 aromatic carbocycles. The van der Waals surface area contributed by atoms with Gasteiger partial charge in [0.15, 0.2) is 6.61 Å². The number of primary amides is 1. The van der Waals surface area contributed by atoms with Crippen molar-refractivity contribution in [3.8, 4) is 11.8 Å². The second kappa shape index (κ2) is 7.25. The summed E-state index contributed by atoms with van der Waals surface area (Å²) in [6.07, 6.45) is 0.324. The van der Waals surface area contributed by atoms with E-state index in [9.17, 15) is 4.79 Å². The first-order chi connectivity index (χ1) is 8.22. The highest BCUT2D eigenvalue weighted by molar-refractivity contribution is 5.73. The monoisotopic (exact) mass is 233 g/mol. The zero-order valence-corrected chi connectivity index (χ0v) is 9.48. The molecule has 0 saturated carbocycles. The molecule has 0 aliphatic carbocycles. The summed E-state index contributed by atoms with van der Waals surface area (Å²) in [4.78, 5) is 10.5. The fourth-order valence-electron chi connectivity index (χ4n) is 1.31. The molecule has 17 heavy (non-hydrogen) atoms. The fraction of sp³-hybridized carbons (Fsp3) is 0.333. The minimum absolute atomic E-state index is 0.0402. The largest absolute Gasteiger partial charge is 0.479 e. The van der Waals surface area contributed by atoms with E-state index in [2.05, 4.69) is 5.32 Å². The average molecular weight is 233 g/mol. The number of rotatable bonds is 7. The Balaban J connectivity index is 2.38. The van der Waals surface area contributed by atoms with Crippen molar-refractivity contribution < 1.29 is 9.53 Å². The molecule has 0 aliphatic rings. The van der Waals surface area contributed by atoms with Crippen LogP contribution in [0.15, 0.2) is 24.3 Å². The summed E-state index contributed by atoms with van der Waals surface area (Å²) in [7, 11) is 0. The molecule has 1 aromatic rings. The van der Waals surface area contributed by atoms with Crippen LogP contribution < -0.4 is 15.8 Å². The van der Waals surface area contributed by atoms with Gasteiger partial charge in [0.25, 0.3) is 0 Å². The van der Waals surface area contributed by atoms with Crippen LogP contribution in [-0.4, -0.2) is 19.1 Å². The average Bonchev–Trinajstić information content (AvgIpc) is 2.32. The number of nitriles is 1. The van der Waals surface area contributed by atoms with Gasteiger partial charge in [-0.05, 0) is 17.7 Å². The van der Waals surface area contributed by atoms with Gasteiger partial charge in [-0.3, -0.25) is 4.79 Å².